The molecule has 0 saturated carbocycles. The standard InChI is InChI=1S/C17H26N2/c1-12(2)19-16-11-17(6-8-18-9-7-17)15-10-13(3)4-5-14(15)16/h4-5,10,12,16,18-19H,6-9,11H2,1-3H3/t16-/m0/s1. The van der Waals surface area contributed by atoms with Gasteiger partial charge in [-0.2, -0.15) is 0 Å². The van der Waals surface area contributed by atoms with E-state index in [-0.39, 0.29) is 0 Å². The predicted octanol–water partition coefficient (Wildman–Crippen LogP) is 3.06. The zero-order valence-corrected chi connectivity index (χ0v) is 12.4. The van der Waals surface area contributed by atoms with E-state index in [1.165, 1.54) is 37.9 Å². The minimum atomic E-state index is 0.430. The van der Waals surface area contributed by atoms with Crippen LogP contribution in [-0.4, -0.2) is 19.1 Å². The third-order valence-corrected chi connectivity index (χ3v) is 4.85. The van der Waals surface area contributed by atoms with Crippen molar-refractivity contribution in [3.05, 3.63) is 34.9 Å². The molecule has 0 amide bonds. The number of rotatable bonds is 2. The van der Waals surface area contributed by atoms with Crippen molar-refractivity contribution in [3.63, 3.8) is 0 Å². The van der Waals surface area contributed by atoms with E-state index in [4.69, 9.17) is 0 Å². The molecule has 0 radical (unpaired) electrons. The molecule has 2 nitrogen and oxygen atoms in total. The molecule has 19 heavy (non-hydrogen) atoms. The Hall–Kier alpha value is -0.860. The molecule has 104 valence electrons. The summed E-state index contributed by atoms with van der Waals surface area (Å²) in [6.07, 6.45) is 3.87. The average Bonchev–Trinajstić information content (AvgIpc) is 2.64. The number of fused-ring (bicyclic) bond motifs is 2. The first-order valence-electron chi connectivity index (χ1n) is 7.68. The summed E-state index contributed by atoms with van der Waals surface area (Å²) in [5.74, 6) is 0. The number of hydrogen-bond donors (Lipinski definition) is 2. The summed E-state index contributed by atoms with van der Waals surface area (Å²) in [6.45, 7) is 9.06. The molecule has 1 aromatic rings. The van der Waals surface area contributed by atoms with Gasteiger partial charge in [0.15, 0.2) is 0 Å². The second-order valence-electron chi connectivity index (χ2n) is 6.70. The van der Waals surface area contributed by atoms with Crippen LogP contribution < -0.4 is 10.6 Å². The molecule has 1 spiro atoms. The Kier molecular flexibility index (Phi) is 3.40. The van der Waals surface area contributed by atoms with Gasteiger partial charge in [-0.05, 0) is 55.8 Å². The maximum Gasteiger partial charge on any atom is 0.0333 e. The van der Waals surface area contributed by atoms with Crippen molar-refractivity contribution in [1.29, 1.82) is 0 Å². The minimum absolute atomic E-state index is 0.430. The second-order valence-corrected chi connectivity index (χ2v) is 6.70. The smallest absolute Gasteiger partial charge is 0.0333 e. The fourth-order valence-electron chi connectivity index (χ4n) is 3.97. The quantitative estimate of drug-likeness (QED) is 0.852. The number of benzene rings is 1. The minimum Gasteiger partial charge on any atom is -0.317 e. The van der Waals surface area contributed by atoms with E-state index in [9.17, 15) is 0 Å². The molecule has 2 heteroatoms. The van der Waals surface area contributed by atoms with Crippen LogP contribution in [0, 0.1) is 6.92 Å². The molecule has 1 aliphatic carbocycles. The van der Waals surface area contributed by atoms with Gasteiger partial charge in [-0.1, -0.05) is 37.6 Å². The summed E-state index contributed by atoms with van der Waals surface area (Å²) in [6, 6.07) is 8.18. The second kappa shape index (κ2) is 4.92. The van der Waals surface area contributed by atoms with Gasteiger partial charge < -0.3 is 10.6 Å². The molecule has 1 atom stereocenters. The fourth-order valence-corrected chi connectivity index (χ4v) is 3.97. The highest BCUT2D eigenvalue weighted by Gasteiger charge is 2.44. The summed E-state index contributed by atoms with van der Waals surface area (Å²) in [4.78, 5) is 0. The van der Waals surface area contributed by atoms with Gasteiger partial charge in [-0.15, -0.1) is 0 Å². The lowest BCUT2D eigenvalue weighted by molar-refractivity contribution is 0.278. The molecule has 1 aromatic carbocycles. The van der Waals surface area contributed by atoms with Crippen molar-refractivity contribution >= 4 is 0 Å². The van der Waals surface area contributed by atoms with Crippen LogP contribution in [0.4, 0.5) is 0 Å². The van der Waals surface area contributed by atoms with E-state index in [0.29, 0.717) is 17.5 Å². The van der Waals surface area contributed by atoms with Gasteiger partial charge in [0.25, 0.3) is 0 Å². The van der Waals surface area contributed by atoms with Gasteiger partial charge in [-0.3, -0.25) is 0 Å². The Morgan fingerprint density at radius 2 is 2.00 bits per heavy atom. The Morgan fingerprint density at radius 1 is 1.26 bits per heavy atom. The first kappa shape index (κ1) is 13.1. The van der Waals surface area contributed by atoms with Crippen LogP contribution in [0.25, 0.3) is 0 Å². The summed E-state index contributed by atoms with van der Waals surface area (Å²) in [5, 5.41) is 7.29. The molecule has 2 aliphatic rings. The van der Waals surface area contributed by atoms with Crippen LogP contribution in [0.3, 0.4) is 0 Å². The number of piperidine rings is 1. The van der Waals surface area contributed by atoms with Gasteiger partial charge in [0.05, 0.1) is 0 Å². The molecule has 0 aromatic heterocycles. The van der Waals surface area contributed by atoms with Crippen molar-refractivity contribution in [3.8, 4) is 0 Å². The van der Waals surface area contributed by atoms with E-state index in [2.05, 4.69) is 49.6 Å². The third kappa shape index (κ3) is 2.32. The van der Waals surface area contributed by atoms with Gasteiger partial charge >= 0.3 is 0 Å². The van der Waals surface area contributed by atoms with E-state index in [0.717, 1.165) is 0 Å². The SMILES string of the molecule is Cc1ccc2c(c1)C1(CCNCC1)C[C@@H]2NC(C)C. The Bertz CT molecular complexity index is 458. The number of aryl methyl sites for hydroxylation is 1. The van der Waals surface area contributed by atoms with Gasteiger partial charge in [0.1, 0.15) is 0 Å². The number of nitrogens with one attached hydrogen (secondary N) is 2. The normalized spacial score (nSPS) is 24.9. The molecule has 0 bridgehead atoms. The highest BCUT2D eigenvalue weighted by atomic mass is 15.0. The Labute approximate surface area is 117 Å². The lowest BCUT2D eigenvalue weighted by atomic mass is 9.74. The van der Waals surface area contributed by atoms with Gasteiger partial charge in [0, 0.05) is 12.1 Å². The van der Waals surface area contributed by atoms with Crippen LogP contribution in [0.2, 0.25) is 0 Å². The number of hydrogen-bond acceptors (Lipinski definition) is 2. The maximum absolute atomic E-state index is 3.77. The van der Waals surface area contributed by atoms with Gasteiger partial charge in [0.2, 0.25) is 0 Å². The first-order valence-corrected chi connectivity index (χ1v) is 7.68. The van der Waals surface area contributed by atoms with Crippen molar-refractivity contribution in [2.45, 2.75) is 57.5 Å². The summed E-state index contributed by atoms with van der Waals surface area (Å²) in [7, 11) is 0. The van der Waals surface area contributed by atoms with Crippen LogP contribution in [0.1, 0.15) is 55.8 Å². The molecular formula is C17H26N2. The molecule has 2 N–H and O–H groups in total. The highest BCUT2D eigenvalue weighted by Crippen LogP contribution is 2.50. The van der Waals surface area contributed by atoms with Crippen LogP contribution in [0.15, 0.2) is 18.2 Å². The largest absolute Gasteiger partial charge is 0.317 e. The Morgan fingerprint density at radius 3 is 2.68 bits per heavy atom. The molecule has 0 unspecified atom stereocenters. The summed E-state index contributed by atoms with van der Waals surface area (Å²) >= 11 is 0. The Balaban J connectivity index is 1.99. The van der Waals surface area contributed by atoms with Crippen LogP contribution in [0.5, 0.6) is 0 Å². The zero-order valence-electron chi connectivity index (χ0n) is 12.4. The molecule has 1 heterocycles. The van der Waals surface area contributed by atoms with Crippen molar-refractivity contribution in [2.24, 2.45) is 0 Å². The summed E-state index contributed by atoms with van der Waals surface area (Å²) < 4.78 is 0. The van der Waals surface area contributed by atoms with E-state index >= 15 is 0 Å². The summed E-state index contributed by atoms with van der Waals surface area (Å²) in [5.41, 5.74) is 5.02. The lowest BCUT2D eigenvalue weighted by Gasteiger charge is -2.35. The van der Waals surface area contributed by atoms with Crippen molar-refractivity contribution < 1.29 is 0 Å². The topological polar surface area (TPSA) is 24.1 Å². The van der Waals surface area contributed by atoms with E-state index in [1.54, 1.807) is 11.1 Å². The van der Waals surface area contributed by atoms with E-state index in [1.807, 2.05) is 0 Å². The van der Waals surface area contributed by atoms with Crippen LogP contribution >= 0.6 is 0 Å². The van der Waals surface area contributed by atoms with E-state index < -0.39 is 0 Å². The molecule has 1 saturated heterocycles. The van der Waals surface area contributed by atoms with Crippen molar-refractivity contribution in [2.75, 3.05) is 13.1 Å². The predicted molar refractivity (Wildman–Crippen MR) is 80.6 cm³/mol. The highest BCUT2D eigenvalue weighted by molar-refractivity contribution is 5.45. The monoisotopic (exact) mass is 258 g/mol. The molecule has 1 fully saturated rings. The molecular weight excluding hydrogens is 232 g/mol. The van der Waals surface area contributed by atoms with Crippen molar-refractivity contribution in [1.82, 2.24) is 10.6 Å². The van der Waals surface area contributed by atoms with Crippen LogP contribution in [-0.2, 0) is 5.41 Å². The third-order valence-electron chi connectivity index (χ3n) is 4.85. The molecule has 1 aliphatic heterocycles. The lowest BCUT2D eigenvalue weighted by Crippen LogP contribution is -2.39. The zero-order chi connectivity index (χ0) is 13.5. The fraction of sp³-hybridized carbons (Fsp3) is 0.647. The maximum atomic E-state index is 3.77. The van der Waals surface area contributed by atoms with Gasteiger partial charge in [-0.25, -0.2) is 0 Å². The first-order chi connectivity index (χ1) is 9.11. The average molecular weight is 258 g/mol. The molecule has 3 rings (SSSR count).